The molecule has 1 aromatic heterocycles. The predicted molar refractivity (Wildman–Crippen MR) is 54.8 cm³/mol. The minimum absolute atomic E-state index is 0.337. The molecule has 0 aliphatic carbocycles. The summed E-state index contributed by atoms with van der Waals surface area (Å²) in [7, 11) is 0. The van der Waals surface area contributed by atoms with Crippen molar-refractivity contribution in [1.82, 2.24) is 0 Å². The molecular formula is C11H16O3. The van der Waals surface area contributed by atoms with Crippen LogP contribution in [-0.2, 0) is 6.42 Å². The molecule has 0 spiro atoms. The van der Waals surface area contributed by atoms with Crippen LogP contribution in [0.15, 0.2) is 21.3 Å². The third-order valence-electron chi connectivity index (χ3n) is 1.91. The quantitative estimate of drug-likeness (QED) is 0.679. The first-order valence-electron chi connectivity index (χ1n) is 5.03. The Bertz CT molecular complexity index is 328. The van der Waals surface area contributed by atoms with Gasteiger partial charge in [0, 0.05) is 12.5 Å². The van der Waals surface area contributed by atoms with E-state index in [0.717, 1.165) is 12.8 Å². The van der Waals surface area contributed by atoms with Crippen LogP contribution >= 0.6 is 0 Å². The maximum absolute atomic E-state index is 11.1. The van der Waals surface area contributed by atoms with Crippen molar-refractivity contribution < 1.29 is 9.15 Å². The number of aryl methyl sites for hydroxylation is 1. The second kappa shape index (κ2) is 5.47. The van der Waals surface area contributed by atoms with Crippen molar-refractivity contribution in [2.45, 2.75) is 33.1 Å². The van der Waals surface area contributed by atoms with Gasteiger partial charge in [0.25, 0.3) is 0 Å². The molecule has 0 aliphatic rings. The molecule has 0 unspecified atom stereocenters. The minimum Gasteiger partial charge on any atom is -0.493 e. The molecule has 3 nitrogen and oxygen atoms in total. The number of hydrogen-bond donors (Lipinski definition) is 0. The summed E-state index contributed by atoms with van der Waals surface area (Å²) in [5, 5.41) is 0. The zero-order valence-corrected chi connectivity index (χ0v) is 8.71. The van der Waals surface area contributed by atoms with Crippen LogP contribution in [-0.4, -0.2) is 6.61 Å². The van der Waals surface area contributed by atoms with Gasteiger partial charge in [-0.05, 0) is 6.42 Å². The van der Waals surface area contributed by atoms with E-state index in [-0.39, 0.29) is 5.63 Å². The highest BCUT2D eigenvalue weighted by atomic mass is 16.5. The van der Waals surface area contributed by atoms with Crippen LogP contribution in [0.2, 0.25) is 0 Å². The molecule has 1 heterocycles. The van der Waals surface area contributed by atoms with Crippen LogP contribution in [0.1, 0.15) is 32.4 Å². The lowest BCUT2D eigenvalue weighted by atomic mass is 10.3. The monoisotopic (exact) mass is 196 g/mol. The number of unbranched alkanes of at least 4 members (excludes halogenated alkanes) is 1. The maximum atomic E-state index is 11.1. The summed E-state index contributed by atoms with van der Waals surface area (Å²) < 4.78 is 10.3. The zero-order chi connectivity index (χ0) is 10.4. The highest BCUT2D eigenvalue weighted by molar-refractivity contribution is 5.20. The van der Waals surface area contributed by atoms with Crippen molar-refractivity contribution in [3.05, 3.63) is 28.3 Å². The third-order valence-corrected chi connectivity index (χ3v) is 1.91. The average Bonchev–Trinajstić information content (AvgIpc) is 2.17. The Morgan fingerprint density at radius 3 is 2.79 bits per heavy atom. The van der Waals surface area contributed by atoms with Crippen molar-refractivity contribution in [3.63, 3.8) is 0 Å². The lowest BCUT2D eigenvalue weighted by molar-refractivity contribution is 0.303. The zero-order valence-electron chi connectivity index (χ0n) is 8.71. The van der Waals surface area contributed by atoms with Crippen molar-refractivity contribution in [2.24, 2.45) is 0 Å². The van der Waals surface area contributed by atoms with Gasteiger partial charge in [-0.15, -0.1) is 0 Å². The van der Waals surface area contributed by atoms with Crippen LogP contribution < -0.4 is 10.4 Å². The molecule has 78 valence electrons. The molecule has 0 radical (unpaired) electrons. The van der Waals surface area contributed by atoms with Gasteiger partial charge < -0.3 is 9.15 Å². The lowest BCUT2D eigenvalue weighted by Crippen LogP contribution is -2.03. The molecule has 0 aromatic carbocycles. The van der Waals surface area contributed by atoms with E-state index in [1.165, 1.54) is 6.07 Å². The molecule has 14 heavy (non-hydrogen) atoms. The largest absolute Gasteiger partial charge is 0.493 e. The van der Waals surface area contributed by atoms with Crippen LogP contribution in [0.3, 0.4) is 0 Å². The van der Waals surface area contributed by atoms with E-state index in [2.05, 4.69) is 6.92 Å². The number of ether oxygens (including phenoxy) is 1. The molecule has 1 aromatic rings. The van der Waals surface area contributed by atoms with Gasteiger partial charge in [0.1, 0.15) is 11.5 Å². The van der Waals surface area contributed by atoms with Crippen molar-refractivity contribution in [2.75, 3.05) is 6.61 Å². The molecule has 0 N–H and O–H groups in total. The molecule has 3 heteroatoms. The fraction of sp³-hybridized carbons (Fsp3) is 0.545. The molecule has 0 saturated heterocycles. The highest BCUT2D eigenvalue weighted by Crippen LogP contribution is 2.11. The lowest BCUT2D eigenvalue weighted by Gasteiger charge is -2.04. The van der Waals surface area contributed by atoms with Crippen LogP contribution in [0.25, 0.3) is 0 Å². The van der Waals surface area contributed by atoms with Gasteiger partial charge in [-0.25, -0.2) is 4.79 Å². The Morgan fingerprint density at radius 1 is 1.36 bits per heavy atom. The van der Waals surface area contributed by atoms with Crippen LogP contribution in [0.4, 0.5) is 0 Å². The summed E-state index contributed by atoms with van der Waals surface area (Å²) in [6, 6.07) is 3.16. The average molecular weight is 196 g/mol. The van der Waals surface area contributed by atoms with Gasteiger partial charge >= 0.3 is 5.63 Å². The second-order valence-electron chi connectivity index (χ2n) is 3.13. The SMILES string of the molecule is CCCCOc1cc(CC)oc(=O)c1. The summed E-state index contributed by atoms with van der Waals surface area (Å²) in [5.41, 5.74) is -0.337. The Labute approximate surface area is 83.7 Å². The summed E-state index contributed by atoms with van der Waals surface area (Å²) in [4.78, 5) is 11.1. The highest BCUT2D eigenvalue weighted by Gasteiger charge is 2.00. The van der Waals surface area contributed by atoms with E-state index >= 15 is 0 Å². The minimum atomic E-state index is -0.337. The van der Waals surface area contributed by atoms with E-state index in [0.29, 0.717) is 24.5 Å². The Kier molecular flexibility index (Phi) is 4.23. The smallest absolute Gasteiger partial charge is 0.339 e. The third kappa shape index (κ3) is 3.24. The standard InChI is InChI=1S/C11H16O3/c1-3-5-6-13-10-7-9(4-2)14-11(12)8-10/h7-8H,3-6H2,1-2H3. The first-order chi connectivity index (χ1) is 6.76. The molecule has 1 rings (SSSR count). The van der Waals surface area contributed by atoms with E-state index in [1.54, 1.807) is 6.07 Å². The normalized spacial score (nSPS) is 10.1. The molecular weight excluding hydrogens is 180 g/mol. The molecule has 0 fully saturated rings. The Balaban J connectivity index is 2.67. The molecule has 0 amide bonds. The van der Waals surface area contributed by atoms with Gasteiger partial charge in [0.2, 0.25) is 0 Å². The van der Waals surface area contributed by atoms with E-state index in [1.807, 2.05) is 6.92 Å². The first-order valence-corrected chi connectivity index (χ1v) is 5.03. The number of hydrogen-bond acceptors (Lipinski definition) is 3. The first kappa shape index (κ1) is 10.8. The van der Waals surface area contributed by atoms with Gasteiger partial charge in [0.15, 0.2) is 0 Å². The van der Waals surface area contributed by atoms with Crippen molar-refractivity contribution in [1.29, 1.82) is 0 Å². The van der Waals surface area contributed by atoms with Gasteiger partial charge in [-0.1, -0.05) is 20.3 Å². The molecule has 0 aliphatic heterocycles. The Morgan fingerprint density at radius 2 is 2.14 bits per heavy atom. The van der Waals surface area contributed by atoms with E-state index in [9.17, 15) is 4.79 Å². The van der Waals surface area contributed by atoms with Gasteiger partial charge in [-0.3, -0.25) is 0 Å². The van der Waals surface area contributed by atoms with Gasteiger partial charge in [0.05, 0.1) is 12.7 Å². The van der Waals surface area contributed by atoms with Crippen LogP contribution in [0, 0.1) is 0 Å². The number of rotatable bonds is 5. The van der Waals surface area contributed by atoms with E-state index in [4.69, 9.17) is 9.15 Å². The topological polar surface area (TPSA) is 39.4 Å². The maximum Gasteiger partial charge on any atom is 0.339 e. The van der Waals surface area contributed by atoms with E-state index < -0.39 is 0 Å². The molecule has 0 bridgehead atoms. The molecule has 0 saturated carbocycles. The summed E-state index contributed by atoms with van der Waals surface area (Å²) in [5.74, 6) is 1.29. The fourth-order valence-electron chi connectivity index (χ4n) is 1.10. The van der Waals surface area contributed by atoms with Crippen molar-refractivity contribution >= 4 is 0 Å². The van der Waals surface area contributed by atoms with Crippen LogP contribution in [0.5, 0.6) is 5.75 Å². The van der Waals surface area contributed by atoms with Crippen molar-refractivity contribution in [3.8, 4) is 5.75 Å². The summed E-state index contributed by atoms with van der Waals surface area (Å²) >= 11 is 0. The second-order valence-corrected chi connectivity index (χ2v) is 3.13. The predicted octanol–water partition coefficient (Wildman–Crippen LogP) is 2.38. The van der Waals surface area contributed by atoms with Gasteiger partial charge in [-0.2, -0.15) is 0 Å². The summed E-state index contributed by atoms with van der Waals surface area (Å²) in [6.45, 7) is 4.69. The Hall–Kier alpha value is -1.25. The summed E-state index contributed by atoms with van der Waals surface area (Å²) in [6.07, 6.45) is 2.80. The fourth-order valence-corrected chi connectivity index (χ4v) is 1.10. The molecule has 0 atom stereocenters.